The van der Waals surface area contributed by atoms with Gasteiger partial charge in [0.15, 0.2) is 0 Å². The lowest BCUT2D eigenvalue weighted by Gasteiger charge is -2.41. The third-order valence-electron chi connectivity index (χ3n) is 2.89. The lowest BCUT2D eigenvalue weighted by atomic mass is 10.1. The Morgan fingerprint density at radius 3 is 2.23 bits per heavy atom. The third-order valence-corrected chi connectivity index (χ3v) is 2.89. The quantitative estimate of drug-likeness (QED) is 0.667. The lowest BCUT2D eigenvalue weighted by molar-refractivity contribution is 0.0382. The molecule has 0 radical (unpaired) electrons. The summed E-state index contributed by atoms with van der Waals surface area (Å²) >= 11 is 0. The van der Waals surface area contributed by atoms with Crippen molar-refractivity contribution < 1.29 is 0 Å². The average Bonchev–Trinajstić information content (AvgIpc) is 2.10. The first-order valence-corrected chi connectivity index (χ1v) is 5.40. The van der Waals surface area contributed by atoms with Gasteiger partial charge in [-0.05, 0) is 26.8 Å². The number of rotatable bonds is 3. The molecule has 13 heavy (non-hydrogen) atoms. The number of hydrogen-bond donors (Lipinski definition) is 1. The van der Waals surface area contributed by atoms with Crippen LogP contribution in [-0.2, 0) is 0 Å². The van der Waals surface area contributed by atoms with E-state index in [2.05, 4.69) is 25.7 Å². The third kappa shape index (κ3) is 2.93. The van der Waals surface area contributed by atoms with E-state index in [-0.39, 0.29) is 0 Å². The Bertz CT molecular complexity index is 137. The van der Waals surface area contributed by atoms with Gasteiger partial charge in [0.2, 0.25) is 0 Å². The molecular formula is C10H23N3. The molecule has 0 bridgehead atoms. The first-order valence-electron chi connectivity index (χ1n) is 5.40. The second-order valence-electron chi connectivity index (χ2n) is 4.26. The van der Waals surface area contributed by atoms with Gasteiger partial charge in [-0.25, -0.2) is 5.01 Å². The van der Waals surface area contributed by atoms with Gasteiger partial charge in [0.1, 0.15) is 0 Å². The summed E-state index contributed by atoms with van der Waals surface area (Å²) in [7, 11) is 0. The van der Waals surface area contributed by atoms with Gasteiger partial charge in [0, 0.05) is 25.2 Å². The second kappa shape index (κ2) is 4.94. The van der Waals surface area contributed by atoms with Crippen LogP contribution in [0.25, 0.3) is 0 Å². The molecule has 78 valence electrons. The maximum absolute atomic E-state index is 5.92. The van der Waals surface area contributed by atoms with Crippen molar-refractivity contribution in [2.75, 3.05) is 19.6 Å². The zero-order valence-electron chi connectivity index (χ0n) is 9.16. The number of piperazine rings is 1. The minimum Gasteiger partial charge on any atom is -0.300 e. The predicted octanol–water partition coefficient (Wildman–Crippen LogP) is 1.05. The Morgan fingerprint density at radius 1 is 1.23 bits per heavy atom. The molecule has 1 aliphatic rings. The van der Waals surface area contributed by atoms with Crippen LogP contribution in [0.15, 0.2) is 0 Å². The van der Waals surface area contributed by atoms with Crippen molar-refractivity contribution in [1.29, 1.82) is 0 Å². The second-order valence-corrected chi connectivity index (χ2v) is 4.26. The van der Waals surface area contributed by atoms with Crippen molar-refractivity contribution >= 4 is 0 Å². The first-order chi connectivity index (χ1) is 6.15. The van der Waals surface area contributed by atoms with Crippen LogP contribution in [-0.4, -0.2) is 41.6 Å². The normalized spacial score (nSPS) is 32.3. The summed E-state index contributed by atoms with van der Waals surface area (Å²) in [6.45, 7) is 10.1. The molecule has 2 unspecified atom stereocenters. The van der Waals surface area contributed by atoms with E-state index in [0.29, 0.717) is 12.1 Å². The molecular weight excluding hydrogens is 162 g/mol. The fourth-order valence-electron chi connectivity index (χ4n) is 2.01. The van der Waals surface area contributed by atoms with Crippen LogP contribution in [0.2, 0.25) is 0 Å². The van der Waals surface area contributed by atoms with Gasteiger partial charge in [0.25, 0.3) is 0 Å². The molecule has 0 amide bonds. The molecule has 2 N–H and O–H groups in total. The van der Waals surface area contributed by atoms with Gasteiger partial charge in [0.05, 0.1) is 0 Å². The van der Waals surface area contributed by atoms with E-state index in [1.54, 1.807) is 0 Å². The molecule has 0 aromatic rings. The standard InChI is InChI=1S/C10H23N3/c1-4-5-6-12-7-9(2)13(11)10(3)8-12/h9-10H,4-8,11H2,1-3H3. The van der Waals surface area contributed by atoms with Crippen molar-refractivity contribution in [3.63, 3.8) is 0 Å². The highest BCUT2D eigenvalue weighted by molar-refractivity contribution is 4.81. The van der Waals surface area contributed by atoms with Crippen LogP contribution in [0.1, 0.15) is 33.6 Å². The fourth-order valence-corrected chi connectivity index (χ4v) is 2.01. The van der Waals surface area contributed by atoms with E-state index in [1.165, 1.54) is 19.4 Å². The maximum Gasteiger partial charge on any atom is 0.0343 e. The lowest BCUT2D eigenvalue weighted by Crippen LogP contribution is -2.59. The highest BCUT2D eigenvalue weighted by atomic mass is 15.5. The molecule has 3 nitrogen and oxygen atoms in total. The van der Waals surface area contributed by atoms with E-state index < -0.39 is 0 Å². The van der Waals surface area contributed by atoms with Crippen molar-refractivity contribution in [3.05, 3.63) is 0 Å². The number of nitrogens with two attached hydrogens (primary N) is 1. The molecule has 1 saturated heterocycles. The Labute approximate surface area is 81.8 Å². The van der Waals surface area contributed by atoms with Crippen LogP contribution < -0.4 is 5.84 Å². The minimum atomic E-state index is 0.501. The number of hydrazine groups is 1. The van der Waals surface area contributed by atoms with Crippen LogP contribution >= 0.6 is 0 Å². The highest BCUT2D eigenvalue weighted by Crippen LogP contribution is 2.11. The largest absolute Gasteiger partial charge is 0.300 e. The summed E-state index contributed by atoms with van der Waals surface area (Å²) in [6, 6.07) is 1.00. The summed E-state index contributed by atoms with van der Waals surface area (Å²) in [5.41, 5.74) is 0. The van der Waals surface area contributed by atoms with Crippen LogP contribution in [0.4, 0.5) is 0 Å². The summed E-state index contributed by atoms with van der Waals surface area (Å²) in [6.07, 6.45) is 2.59. The zero-order chi connectivity index (χ0) is 9.84. The van der Waals surface area contributed by atoms with Crippen LogP contribution in [0.5, 0.6) is 0 Å². The molecule has 1 rings (SSSR count). The average molecular weight is 185 g/mol. The van der Waals surface area contributed by atoms with Gasteiger partial charge in [-0.3, -0.25) is 5.84 Å². The van der Waals surface area contributed by atoms with Gasteiger partial charge < -0.3 is 4.90 Å². The molecule has 3 heteroatoms. The van der Waals surface area contributed by atoms with Crippen molar-refractivity contribution in [2.24, 2.45) is 5.84 Å². The van der Waals surface area contributed by atoms with E-state index in [4.69, 9.17) is 5.84 Å². The number of nitrogens with zero attached hydrogens (tertiary/aromatic N) is 2. The topological polar surface area (TPSA) is 32.5 Å². The zero-order valence-corrected chi connectivity index (χ0v) is 9.16. The van der Waals surface area contributed by atoms with Crippen molar-refractivity contribution in [3.8, 4) is 0 Å². The van der Waals surface area contributed by atoms with E-state index in [1.807, 2.05) is 5.01 Å². The molecule has 0 aromatic carbocycles. The van der Waals surface area contributed by atoms with Gasteiger partial charge >= 0.3 is 0 Å². The predicted molar refractivity (Wildman–Crippen MR) is 56.3 cm³/mol. The SMILES string of the molecule is CCCCN1CC(C)N(N)C(C)C1. The molecule has 0 aromatic heterocycles. The minimum absolute atomic E-state index is 0.501. The van der Waals surface area contributed by atoms with E-state index >= 15 is 0 Å². The first kappa shape index (κ1) is 11.0. The Morgan fingerprint density at radius 2 is 1.77 bits per heavy atom. The van der Waals surface area contributed by atoms with Gasteiger partial charge in [-0.15, -0.1) is 0 Å². The van der Waals surface area contributed by atoms with E-state index in [9.17, 15) is 0 Å². The number of unbranched alkanes of at least 4 members (excludes halogenated alkanes) is 1. The highest BCUT2D eigenvalue weighted by Gasteiger charge is 2.26. The molecule has 1 fully saturated rings. The van der Waals surface area contributed by atoms with Gasteiger partial charge in [-0.2, -0.15) is 0 Å². The summed E-state index contributed by atoms with van der Waals surface area (Å²) in [5.74, 6) is 5.92. The Balaban J connectivity index is 2.35. The molecule has 1 heterocycles. The summed E-state index contributed by atoms with van der Waals surface area (Å²) in [4.78, 5) is 2.53. The summed E-state index contributed by atoms with van der Waals surface area (Å²) in [5, 5.41) is 1.99. The Kier molecular flexibility index (Phi) is 4.16. The van der Waals surface area contributed by atoms with Gasteiger partial charge in [-0.1, -0.05) is 13.3 Å². The smallest absolute Gasteiger partial charge is 0.0343 e. The molecule has 0 aliphatic carbocycles. The van der Waals surface area contributed by atoms with Crippen LogP contribution in [0, 0.1) is 0 Å². The summed E-state index contributed by atoms with van der Waals surface area (Å²) < 4.78 is 0. The molecule has 0 saturated carbocycles. The molecule has 1 aliphatic heterocycles. The Hall–Kier alpha value is -0.120. The van der Waals surface area contributed by atoms with Crippen molar-refractivity contribution in [2.45, 2.75) is 45.7 Å². The monoisotopic (exact) mass is 185 g/mol. The van der Waals surface area contributed by atoms with Crippen molar-refractivity contribution in [1.82, 2.24) is 9.91 Å². The number of hydrogen-bond acceptors (Lipinski definition) is 3. The maximum atomic E-state index is 5.92. The van der Waals surface area contributed by atoms with Crippen LogP contribution in [0.3, 0.4) is 0 Å². The van der Waals surface area contributed by atoms with E-state index in [0.717, 1.165) is 13.1 Å². The fraction of sp³-hybridized carbons (Fsp3) is 1.00. The molecule has 0 spiro atoms. The molecule has 2 atom stereocenters.